The Bertz CT molecular complexity index is 647. The summed E-state index contributed by atoms with van der Waals surface area (Å²) >= 11 is 3.42. The number of benzene rings is 1. The van der Waals surface area contributed by atoms with Crippen LogP contribution < -0.4 is 10.6 Å². The number of hydrogen-bond acceptors (Lipinski definition) is 3. The van der Waals surface area contributed by atoms with Gasteiger partial charge >= 0.3 is 0 Å². The maximum Gasteiger partial charge on any atom is 0.191 e. The van der Waals surface area contributed by atoms with E-state index in [9.17, 15) is 0 Å². The van der Waals surface area contributed by atoms with Gasteiger partial charge in [0.2, 0.25) is 0 Å². The zero-order chi connectivity index (χ0) is 16.8. The Labute approximate surface area is 145 Å². The third kappa shape index (κ3) is 5.06. The molecule has 0 bridgehead atoms. The van der Waals surface area contributed by atoms with Gasteiger partial charge in [0.25, 0.3) is 0 Å². The molecule has 23 heavy (non-hydrogen) atoms. The minimum Gasteiger partial charge on any atom is -0.354 e. The zero-order valence-electron chi connectivity index (χ0n) is 13.9. The predicted octanol–water partition coefficient (Wildman–Crippen LogP) is 2.94. The highest BCUT2D eigenvalue weighted by Gasteiger charge is 2.10. The molecule has 7 heteroatoms. The van der Waals surface area contributed by atoms with Gasteiger partial charge in [-0.1, -0.05) is 41.9 Å². The van der Waals surface area contributed by atoms with Crippen LogP contribution in [0.2, 0.25) is 0 Å². The first-order valence-electron chi connectivity index (χ1n) is 7.64. The Hall–Kier alpha value is -1.89. The summed E-state index contributed by atoms with van der Waals surface area (Å²) in [6, 6.07) is 8.25. The maximum absolute atomic E-state index is 4.50. The lowest BCUT2D eigenvalue weighted by Crippen LogP contribution is -2.44. The number of guanidine groups is 1. The van der Waals surface area contributed by atoms with Crippen LogP contribution in [0, 0.1) is 5.92 Å². The average Bonchev–Trinajstić information content (AvgIpc) is 3.00. The molecule has 0 aliphatic heterocycles. The molecule has 0 fully saturated rings. The number of aliphatic imine (C=N–C) groups is 1. The van der Waals surface area contributed by atoms with E-state index in [1.54, 1.807) is 7.05 Å². The van der Waals surface area contributed by atoms with Crippen LogP contribution in [0.1, 0.15) is 26.6 Å². The lowest BCUT2D eigenvalue weighted by atomic mass is 10.1. The summed E-state index contributed by atoms with van der Waals surface area (Å²) in [5, 5.41) is 13.8. The van der Waals surface area contributed by atoms with Crippen molar-refractivity contribution in [3.8, 4) is 11.4 Å². The lowest BCUT2D eigenvalue weighted by molar-refractivity contribution is 0.480. The smallest absolute Gasteiger partial charge is 0.191 e. The van der Waals surface area contributed by atoms with Crippen LogP contribution in [0.5, 0.6) is 0 Å². The molecule has 2 aromatic rings. The monoisotopic (exact) mass is 378 g/mol. The molecule has 0 amide bonds. The van der Waals surface area contributed by atoms with E-state index in [-0.39, 0.29) is 0 Å². The van der Waals surface area contributed by atoms with Crippen LogP contribution in [0.4, 0.5) is 0 Å². The van der Waals surface area contributed by atoms with E-state index in [4.69, 9.17) is 0 Å². The number of H-pyrrole nitrogens is 1. The molecule has 1 heterocycles. The summed E-state index contributed by atoms with van der Waals surface area (Å²) in [5.74, 6) is 2.74. The third-order valence-corrected chi connectivity index (χ3v) is 4.17. The van der Waals surface area contributed by atoms with Crippen LogP contribution in [-0.2, 0) is 6.54 Å². The van der Waals surface area contributed by atoms with Crippen molar-refractivity contribution in [1.29, 1.82) is 0 Å². The molecule has 1 aromatic carbocycles. The molecule has 124 valence electrons. The Kier molecular flexibility index (Phi) is 6.15. The second kappa shape index (κ2) is 8.10. The summed E-state index contributed by atoms with van der Waals surface area (Å²) in [6.45, 7) is 7.02. The second-order valence-electron chi connectivity index (χ2n) is 5.72. The summed E-state index contributed by atoms with van der Waals surface area (Å²) in [5.41, 5.74) is 0.978. The van der Waals surface area contributed by atoms with E-state index in [0.717, 1.165) is 21.8 Å². The van der Waals surface area contributed by atoms with E-state index in [1.165, 1.54) is 0 Å². The highest BCUT2D eigenvalue weighted by molar-refractivity contribution is 9.10. The Morgan fingerprint density at radius 3 is 2.57 bits per heavy atom. The van der Waals surface area contributed by atoms with E-state index < -0.39 is 0 Å². The van der Waals surface area contributed by atoms with Crippen molar-refractivity contribution in [1.82, 2.24) is 25.8 Å². The number of hydrogen-bond donors (Lipinski definition) is 3. The molecule has 0 saturated heterocycles. The van der Waals surface area contributed by atoms with Crippen LogP contribution >= 0.6 is 15.9 Å². The number of nitrogens with zero attached hydrogens (tertiary/aromatic N) is 3. The molecule has 3 N–H and O–H groups in total. The van der Waals surface area contributed by atoms with Crippen molar-refractivity contribution in [2.75, 3.05) is 7.05 Å². The minimum atomic E-state index is 0.342. The van der Waals surface area contributed by atoms with E-state index >= 15 is 0 Å². The van der Waals surface area contributed by atoms with Gasteiger partial charge in [-0.3, -0.25) is 10.1 Å². The fourth-order valence-corrected chi connectivity index (χ4v) is 2.11. The molecule has 1 atom stereocenters. The minimum absolute atomic E-state index is 0.342. The second-order valence-corrected chi connectivity index (χ2v) is 6.63. The van der Waals surface area contributed by atoms with E-state index in [2.05, 4.69) is 67.5 Å². The summed E-state index contributed by atoms with van der Waals surface area (Å²) in [7, 11) is 1.76. The molecule has 2 rings (SSSR count). The fraction of sp³-hybridized carbons (Fsp3) is 0.438. The van der Waals surface area contributed by atoms with Crippen LogP contribution in [-0.4, -0.2) is 34.2 Å². The zero-order valence-corrected chi connectivity index (χ0v) is 15.5. The fourth-order valence-electron chi connectivity index (χ4n) is 1.85. The molecule has 0 saturated carbocycles. The first kappa shape index (κ1) is 17.5. The van der Waals surface area contributed by atoms with Crippen LogP contribution in [0.25, 0.3) is 11.4 Å². The molecule has 1 aromatic heterocycles. The van der Waals surface area contributed by atoms with E-state index in [0.29, 0.717) is 24.3 Å². The molecule has 0 aliphatic rings. The Morgan fingerprint density at radius 2 is 1.96 bits per heavy atom. The van der Waals surface area contributed by atoms with Crippen molar-refractivity contribution in [2.24, 2.45) is 10.9 Å². The maximum atomic E-state index is 4.50. The number of nitrogens with one attached hydrogen (secondary N) is 3. The van der Waals surface area contributed by atoms with Gasteiger partial charge in [0, 0.05) is 23.1 Å². The van der Waals surface area contributed by atoms with Crippen LogP contribution in [0.3, 0.4) is 0 Å². The molecule has 1 unspecified atom stereocenters. The van der Waals surface area contributed by atoms with E-state index in [1.807, 2.05) is 24.3 Å². The van der Waals surface area contributed by atoms with Crippen molar-refractivity contribution in [3.05, 3.63) is 34.6 Å². The average molecular weight is 379 g/mol. The Balaban J connectivity index is 1.95. The SMILES string of the molecule is CN=C(NCc1nc(-c2ccc(Br)cc2)n[nH]1)NC(C)C(C)C. The summed E-state index contributed by atoms with van der Waals surface area (Å²) in [6.07, 6.45) is 0. The van der Waals surface area contributed by atoms with Gasteiger partial charge in [0.05, 0.1) is 6.54 Å². The quantitative estimate of drug-likeness (QED) is 0.551. The number of rotatable bonds is 5. The number of aromatic nitrogens is 3. The highest BCUT2D eigenvalue weighted by atomic mass is 79.9. The largest absolute Gasteiger partial charge is 0.354 e. The van der Waals surface area contributed by atoms with Crippen LogP contribution in [0.15, 0.2) is 33.7 Å². The Morgan fingerprint density at radius 1 is 1.26 bits per heavy atom. The van der Waals surface area contributed by atoms with Crippen molar-refractivity contribution in [3.63, 3.8) is 0 Å². The van der Waals surface area contributed by atoms with Crippen molar-refractivity contribution in [2.45, 2.75) is 33.4 Å². The topological polar surface area (TPSA) is 78.0 Å². The molecule has 0 aliphatic carbocycles. The number of halogens is 1. The van der Waals surface area contributed by atoms with Gasteiger partial charge < -0.3 is 10.6 Å². The first-order valence-corrected chi connectivity index (χ1v) is 8.43. The molecular weight excluding hydrogens is 356 g/mol. The summed E-state index contributed by atoms with van der Waals surface area (Å²) in [4.78, 5) is 8.73. The van der Waals surface area contributed by atoms with Gasteiger partial charge in [-0.05, 0) is 25.0 Å². The lowest BCUT2D eigenvalue weighted by Gasteiger charge is -2.20. The standard InChI is InChI=1S/C16H23BrN6/c1-10(2)11(3)20-16(18-4)19-9-14-21-15(23-22-14)12-5-7-13(17)8-6-12/h5-8,10-11H,9H2,1-4H3,(H2,18,19,20)(H,21,22,23). The predicted molar refractivity (Wildman–Crippen MR) is 97.2 cm³/mol. The van der Waals surface area contributed by atoms with Crippen molar-refractivity contribution < 1.29 is 0 Å². The van der Waals surface area contributed by atoms with Gasteiger partial charge in [-0.15, -0.1) is 0 Å². The highest BCUT2D eigenvalue weighted by Crippen LogP contribution is 2.18. The normalized spacial score (nSPS) is 13.2. The molecule has 6 nitrogen and oxygen atoms in total. The number of aromatic amines is 1. The molecule has 0 radical (unpaired) electrons. The first-order chi connectivity index (χ1) is 11.0. The van der Waals surface area contributed by atoms with Gasteiger partial charge in [0.1, 0.15) is 5.82 Å². The van der Waals surface area contributed by atoms with Crippen molar-refractivity contribution >= 4 is 21.9 Å². The van der Waals surface area contributed by atoms with Gasteiger partial charge in [-0.25, -0.2) is 4.98 Å². The molecule has 0 spiro atoms. The summed E-state index contributed by atoms with van der Waals surface area (Å²) < 4.78 is 1.04. The van der Waals surface area contributed by atoms with Gasteiger partial charge in [-0.2, -0.15) is 5.10 Å². The van der Waals surface area contributed by atoms with Gasteiger partial charge in [0.15, 0.2) is 11.8 Å². The molecular formula is C16H23BrN6. The third-order valence-electron chi connectivity index (χ3n) is 3.65.